The number of carbonyl (C=O) groups is 1. The molecule has 0 radical (unpaired) electrons. The third-order valence-corrected chi connectivity index (χ3v) is 4.36. The second kappa shape index (κ2) is 9.97. The lowest BCUT2D eigenvalue weighted by atomic mass is 9.96. The summed E-state index contributed by atoms with van der Waals surface area (Å²) in [5.41, 5.74) is 1.62. The van der Waals surface area contributed by atoms with E-state index in [1.165, 1.54) is 5.56 Å². The molecule has 1 amide bonds. The molecule has 1 atom stereocenters. The van der Waals surface area contributed by atoms with Crippen LogP contribution in [0.4, 0.5) is 4.79 Å². The fraction of sp³-hybridized carbons (Fsp3) is 0.409. The molecule has 0 aliphatic rings. The van der Waals surface area contributed by atoms with Gasteiger partial charge >= 0.3 is 6.09 Å². The molecule has 0 aliphatic carbocycles. The van der Waals surface area contributed by atoms with E-state index in [9.17, 15) is 4.79 Å². The number of carbonyl (C=O) groups excluding carboxylic acids is 1. The van der Waals surface area contributed by atoms with Crippen molar-refractivity contribution < 1.29 is 9.53 Å². The van der Waals surface area contributed by atoms with Gasteiger partial charge in [0.05, 0.1) is 5.66 Å². The molecule has 0 fully saturated rings. The van der Waals surface area contributed by atoms with Gasteiger partial charge in [0.25, 0.3) is 0 Å². The molecule has 0 aromatic heterocycles. The molecule has 2 aromatic rings. The van der Waals surface area contributed by atoms with Crippen LogP contribution in [0.2, 0.25) is 0 Å². The Kier molecular flexibility index (Phi) is 7.67. The third-order valence-electron chi connectivity index (χ3n) is 4.36. The molecule has 4 heteroatoms. The topological polar surface area (TPSA) is 50.4 Å². The van der Waals surface area contributed by atoms with Crippen molar-refractivity contribution in [3.8, 4) is 0 Å². The summed E-state index contributed by atoms with van der Waals surface area (Å²) >= 11 is 0. The molecule has 2 N–H and O–H groups in total. The highest BCUT2D eigenvalue weighted by Gasteiger charge is 2.30. The lowest BCUT2D eigenvalue weighted by molar-refractivity contribution is 0.117. The molecule has 0 unspecified atom stereocenters. The first-order valence-electron chi connectivity index (χ1n) is 9.31. The zero-order chi connectivity index (χ0) is 18.8. The van der Waals surface area contributed by atoms with Gasteiger partial charge in [0.15, 0.2) is 0 Å². The maximum absolute atomic E-state index is 12.5. The minimum atomic E-state index is -0.528. The number of amides is 1. The maximum Gasteiger partial charge on any atom is 0.408 e. The van der Waals surface area contributed by atoms with Crippen LogP contribution in [0.25, 0.3) is 0 Å². The molecule has 0 spiro atoms. The first kappa shape index (κ1) is 20.0. The van der Waals surface area contributed by atoms with Gasteiger partial charge in [-0.15, -0.1) is 0 Å². The van der Waals surface area contributed by atoms with Crippen molar-refractivity contribution in [1.29, 1.82) is 0 Å². The highest BCUT2D eigenvalue weighted by molar-refractivity contribution is 5.68. The van der Waals surface area contributed by atoms with E-state index in [0.29, 0.717) is 12.3 Å². The van der Waals surface area contributed by atoms with Crippen LogP contribution in [-0.2, 0) is 17.8 Å². The van der Waals surface area contributed by atoms with Crippen molar-refractivity contribution in [2.75, 3.05) is 6.54 Å². The van der Waals surface area contributed by atoms with E-state index >= 15 is 0 Å². The molecule has 0 heterocycles. The van der Waals surface area contributed by atoms with Crippen molar-refractivity contribution in [3.63, 3.8) is 0 Å². The summed E-state index contributed by atoms with van der Waals surface area (Å²) in [6, 6.07) is 19.9. The average Bonchev–Trinajstić information content (AvgIpc) is 2.66. The first-order valence-corrected chi connectivity index (χ1v) is 9.31. The number of ether oxygens (including phenoxy) is 1. The predicted molar refractivity (Wildman–Crippen MR) is 106 cm³/mol. The summed E-state index contributed by atoms with van der Waals surface area (Å²) in [5, 5.41) is 6.63. The van der Waals surface area contributed by atoms with Gasteiger partial charge in [-0.3, -0.25) is 5.32 Å². The van der Waals surface area contributed by atoms with Gasteiger partial charge in [0, 0.05) is 6.42 Å². The summed E-state index contributed by atoms with van der Waals surface area (Å²) in [6.45, 7) is 7.47. The van der Waals surface area contributed by atoms with Crippen LogP contribution in [-0.4, -0.2) is 18.3 Å². The molecule has 0 aliphatic heterocycles. The van der Waals surface area contributed by atoms with Gasteiger partial charge in [0.2, 0.25) is 0 Å². The number of rotatable bonds is 9. The Labute approximate surface area is 157 Å². The monoisotopic (exact) mass is 354 g/mol. The molecule has 2 aromatic carbocycles. The maximum atomic E-state index is 12.5. The van der Waals surface area contributed by atoms with E-state index in [4.69, 9.17) is 4.74 Å². The zero-order valence-electron chi connectivity index (χ0n) is 16.0. The minimum Gasteiger partial charge on any atom is -0.445 e. The molecule has 26 heavy (non-hydrogen) atoms. The normalized spacial score (nSPS) is 13.2. The molecular formula is C22H30N2O2. The van der Waals surface area contributed by atoms with Gasteiger partial charge in [-0.25, -0.2) is 4.79 Å². The average molecular weight is 354 g/mol. The number of hydrogen-bond acceptors (Lipinski definition) is 3. The Balaban J connectivity index is 2.04. The van der Waals surface area contributed by atoms with Gasteiger partial charge < -0.3 is 10.1 Å². The smallest absolute Gasteiger partial charge is 0.408 e. The lowest BCUT2D eigenvalue weighted by Gasteiger charge is -2.35. The highest BCUT2D eigenvalue weighted by Crippen LogP contribution is 2.16. The first-order chi connectivity index (χ1) is 12.5. The summed E-state index contributed by atoms with van der Waals surface area (Å²) in [5.74, 6) is 0.485. The van der Waals surface area contributed by atoms with E-state index < -0.39 is 11.8 Å². The second-order valence-corrected chi connectivity index (χ2v) is 7.06. The standard InChI is InChI=1S/C22H30N2O2/c1-4-22(23-16-18(2)3,15-19-11-7-5-8-12-19)24-21(25)26-17-20-13-9-6-10-14-20/h5-14,18,23H,4,15-17H2,1-3H3,(H,24,25)/t22-/m0/s1. The van der Waals surface area contributed by atoms with Crippen molar-refractivity contribution in [3.05, 3.63) is 71.8 Å². The van der Waals surface area contributed by atoms with Crippen LogP contribution in [0.5, 0.6) is 0 Å². The summed E-state index contributed by atoms with van der Waals surface area (Å²) in [7, 11) is 0. The van der Waals surface area contributed by atoms with Crippen molar-refractivity contribution in [2.45, 2.75) is 45.9 Å². The fourth-order valence-electron chi connectivity index (χ4n) is 2.79. The molecule has 4 nitrogen and oxygen atoms in total. The summed E-state index contributed by atoms with van der Waals surface area (Å²) in [6.07, 6.45) is 1.06. The zero-order valence-corrected chi connectivity index (χ0v) is 16.0. The van der Waals surface area contributed by atoms with Crippen molar-refractivity contribution >= 4 is 6.09 Å². The van der Waals surface area contributed by atoms with Gasteiger partial charge in [-0.2, -0.15) is 0 Å². The second-order valence-electron chi connectivity index (χ2n) is 7.06. The Morgan fingerprint density at radius 1 is 1.00 bits per heavy atom. The summed E-state index contributed by atoms with van der Waals surface area (Å²) in [4.78, 5) is 12.5. The highest BCUT2D eigenvalue weighted by atomic mass is 16.5. The molecule has 0 bridgehead atoms. The van der Waals surface area contributed by atoms with Gasteiger partial charge in [-0.1, -0.05) is 81.4 Å². The Hall–Kier alpha value is -2.33. The fourth-order valence-corrected chi connectivity index (χ4v) is 2.79. The van der Waals surface area contributed by atoms with Crippen LogP contribution >= 0.6 is 0 Å². The Bertz CT molecular complexity index is 658. The van der Waals surface area contributed by atoms with Gasteiger partial charge in [-0.05, 0) is 30.0 Å². The van der Waals surface area contributed by atoms with Crippen LogP contribution in [0, 0.1) is 5.92 Å². The van der Waals surface area contributed by atoms with Crippen LogP contribution in [0.3, 0.4) is 0 Å². The largest absolute Gasteiger partial charge is 0.445 e. The molecular weight excluding hydrogens is 324 g/mol. The number of alkyl carbamates (subject to hydrolysis) is 1. The van der Waals surface area contributed by atoms with E-state index in [1.54, 1.807) is 0 Å². The predicted octanol–water partition coefficient (Wildman–Crippen LogP) is 4.51. The Morgan fingerprint density at radius 2 is 1.58 bits per heavy atom. The van der Waals surface area contributed by atoms with E-state index in [0.717, 1.165) is 18.5 Å². The number of benzene rings is 2. The Morgan fingerprint density at radius 3 is 2.12 bits per heavy atom. The molecule has 2 rings (SSSR count). The van der Waals surface area contributed by atoms with Crippen LogP contribution in [0.1, 0.15) is 38.3 Å². The van der Waals surface area contributed by atoms with E-state index in [1.807, 2.05) is 48.5 Å². The van der Waals surface area contributed by atoms with E-state index in [2.05, 4.69) is 43.5 Å². The van der Waals surface area contributed by atoms with Gasteiger partial charge in [0.1, 0.15) is 6.61 Å². The van der Waals surface area contributed by atoms with Crippen molar-refractivity contribution in [2.24, 2.45) is 5.92 Å². The molecule has 0 saturated carbocycles. The van der Waals surface area contributed by atoms with E-state index in [-0.39, 0.29) is 6.61 Å². The quantitative estimate of drug-likeness (QED) is 0.652. The van der Waals surface area contributed by atoms with Crippen LogP contribution in [0.15, 0.2) is 60.7 Å². The SMILES string of the molecule is CC[C@](Cc1ccccc1)(NCC(C)C)NC(=O)OCc1ccccc1. The number of nitrogens with one attached hydrogen (secondary N) is 2. The van der Waals surface area contributed by atoms with Crippen LogP contribution < -0.4 is 10.6 Å². The molecule has 140 valence electrons. The van der Waals surface area contributed by atoms with Crippen molar-refractivity contribution in [1.82, 2.24) is 10.6 Å². The number of hydrogen-bond donors (Lipinski definition) is 2. The summed E-state index contributed by atoms with van der Waals surface area (Å²) < 4.78 is 5.44. The molecule has 0 saturated heterocycles. The minimum absolute atomic E-state index is 0.266. The third kappa shape index (κ3) is 6.52. The lowest BCUT2D eigenvalue weighted by Crippen LogP contribution is -2.60.